The highest BCUT2D eigenvalue weighted by Crippen LogP contribution is 2.38. The number of nitrogens with zero attached hydrogens (tertiary/aromatic N) is 1. The van der Waals surface area contributed by atoms with Gasteiger partial charge in [0, 0.05) is 19.0 Å². The summed E-state index contributed by atoms with van der Waals surface area (Å²) < 4.78 is 5.50. The summed E-state index contributed by atoms with van der Waals surface area (Å²) in [6.45, 7) is 2.38. The van der Waals surface area contributed by atoms with Crippen molar-refractivity contribution < 1.29 is 9.53 Å². The van der Waals surface area contributed by atoms with Crippen LogP contribution in [0.25, 0.3) is 0 Å². The quantitative estimate of drug-likeness (QED) is 0.846. The predicted molar refractivity (Wildman–Crippen MR) is 82.4 cm³/mol. The second-order valence-corrected chi connectivity index (χ2v) is 5.31. The third kappa shape index (κ3) is 2.40. The van der Waals surface area contributed by atoms with E-state index in [1.54, 1.807) is 14.0 Å². The fraction of sp³-hybridized carbons (Fsp3) is 0.278. The summed E-state index contributed by atoms with van der Waals surface area (Å²) in [5.41, 5.74) is 3.55. The number of hydrogen-bond acceptors (Lipinski definition) is 2. The zero-order chi connectivity index (χ0) is 14.8. The molecule has 21 heavy (non-hydrogen) atoms. The lowest BCUT2D eigenvalue weighted by Crippen LogP contribution is -2.39. The molecule has 2 aromatic carbocycles. The second-order valence-electron chi connectivity index (χ2n) is 5.31. The molecule has 1 amide bonds. The number of rotatable bonds is 2. The Balaban J connectivity index is 2.17. The number of benzene rings is 2. The van der Waals surface area contributed by atoms with Crippen molar-refractivity contribution in [2.24, 2.45) is 0 Å². The van der Waals surface area contributed by atoms with E-state index in [1.165, 1.54) is 11.1 Å². The van der Waals surface area contributed by atoms with Crippen molar-refractivity contribution in [3.05, 3.63) is 65.2 Å². The van der Waals surface area contributed by atoms with Crippen LogP contribution in [0.2, 0.25) is 0 Å². The summed E-state index contributed by atoms with van der Waals surface area (Å²) in [7, 11) is 1.67. The third-order valence-electron chi connectivity index (χ3n) is 4.12. The van der Waals surface area contributed by atoms with E-state index in [4.69, 9.17) is 4.74 Å². The highest BCUT2D eigenvalue weighted by molar-refractivity contribution is 5.75. The maximum Gasteiger partial charge on any atom is 0.220 e. The number of fused-ring (bicyclic) bond motifs is 1. The van der Waals surface area contributed by atoms with E-state index in [0.29, 0.717) is 0 Å². The first-order chi connectivity index (χ1) is 10.2. The molecule has 1 aliphatic heterocycles. The zero-order valence-corrected chi connectivity index (χ0v) is 12.4. The van der Waals surface area contributed by atoms with Crippen molar-refractivity contribution in [2.75, 3.05) is 13.7 Å². The number of carbonyl (C=O) groups excluding carboxylic acids is 1. The van der Waals surface area contributed by atoms with E-state index in [1.807, 2.05) is 35.2 Å². The first-order valence-electron chi connectivity index (χ1n) is 7.20. The molecule has 0 N–H and O–H groups in total. The monoisotopic (exact) mass is 281 g/mol. The largest absolute Gasteiger partial charge is 0.496 e. The fourth-order valence-corrected chi connectivity index (χ4v) is 3.13. The Labute approximate surface area is 125 Å². The molecule has 0 bridgehead atoms. The second kappa shape index (κ2) is 5.60. The molecule has 0 radical (unpaired) electrons. The molecule has 3 nitrogen and oxygen atoms in total. The minimum absolute atomic E-state index is 0.0661. The average molecular weight is 281 g/mol. The first-order valence-corrected chi connectivity index (χ1v) is 7.20. The van der Waals surface area contributed by atoms with Crippen LogP contribution < -0.4 is 4.74 Å². The first kappa shape index (κ1) is 13.7. The summed E-state index contributed by atoms with van der Waals surface area (Å²) in [6.07, 6.45) is 0.904. The molecule has 1 aliphatic rings. The minimum Gasteiger partial charge on any atom is -0.496 e. The van der Waals surface area contributed by atoms with Crippen LogP contribution in [-0.2, 0) is 11.2 Å². The number of methoxy groups -OCH3 is 1. The van der Waals surface area contributed by atoms with Gasteiger partial charge in [-0.05, 0) is 23.6 Å². The van der Waals surface area contributed by atoms with Crippen LogP contribution in [0.5, 0.6) is 5.75 Å². The van der Waals surface area contributed by atoms with Gasteiger partial charge >= 0.3 is 0 Å². The van der Waals surface area contributed by atoms with Crippen LogP contribution in [0.1, 0.15) is 29.7 Å². The Morgan fingerprint density at radius 2 is 1.76 bits per heavy atom. The van der Waals surface area contributed by atoms with Crippen LogP contribution in [0.15, 0.2) is 48.5 Å². The summed E-state index contributed by atoms with van der Waals surface area (Å²) in [4.78, 5) is 14.0. The van der Waals surface area contributed by atoms with E-state index in [-0.39, 0.29) is 11.9 Å². The van der Waals surface area contributed by atoms with Gasteiger partial charge in [0.2, 0.25) is 5.91 Å². The van der Waals surface area contributed by atoms with Gasteiger partial charge in [0.1, 0.15) is 5.75 Å². The Bertz CT molecular complexity index is 666. The molecule has 0 saturated carbocycles. The van der Waals surface area contributed by atoms with Crippen molar-refractivity contribution in [1.82, 2.24) is 4.90 Å². The summed E-state index contributed by atoms with van der Waals surface area (Å²) in [6, 6.07) is 16.2. The molecule has 108 valence electrons. The van der Waals surface area contributed by atoms with Gasteiger partial charge in [-0.1, -0.05) is 42.5 Å². The van der Waals surface area contributed by atoms with Crippen molar-refractivity contribution in [1.29, 1.82) is 0 Å². The minimum atomic E-state index is -0.0661. The molecule has 0 spiro atoms. The normalized spacial score (nSPS) is 17.2. The van der Waals surface area contributed by atoms with E-state index in [9.17, 15) is 4.79 Å². The topological polar surface area (TPSA) is 29.5 Å². The molecular weight excluding hydrogens is 262 g/mol. The van der Waals surface area contributed by atoms with Crippen molar-refractivity contribution in [3.63, 3.8) is 0 Å². The molecule has 0 fully saturated rings. The molecule has 0 aromatic heterocycles. The van der Waals surface area contributed by atoms with Crippen molar-refractivity contribution in [2.45, 2.75) is 19.4 Å². The number of amides is 1. The van der Waals surface area contributed by atoms with Gasteiger partial charge in [-0.25, -0.2) is 0 Å². The number of carbonyl (C=O) groups is 1. The van der Waals surface area contributed by atoms with Gasteiger partial charge in [0.25, 0.3) is 0 Å². The third-order valence-corrected chi connectivity index (χ3v) is 4.12. The van der Waals surface area contributed by atoms with Gasteiger partial charge in [-0.3, -0.25) is 4.79 Å². The van der Waals surface area contributed by atoms with Crippen LogP contribution in [0, 0.1) is 0 Å². The molecule has 3 rings (SSSR count). The number of ether oxygens (including phenoxy) is 1. The van der Waals surface area contributed by atoms with E-state index < -0.39 is 0 Å². The molecule has 3 heteroatoms. The van der Waals surface area contributed by atoms with E-state index in [2.05, 4.69) is 18.2 Å². The van der Waals surface area contributed by atoms with Gasteiger partial charge in [0.15, 0.2) is 0 Å². The molecule has 0 saturated heterocycles. The Morgan fingerprint density at radius 3 is 2.48 bits per heavy atom. The maximum absolute atomic E-state index is 12.1. The lowest BCUT2D eigenvalue weighted by atomic mass is 9.87. The predicted octanol–water partition coefficient (Wildman–Crippen LogP) is 3.19. The van der Waals surface area contributed by atoms with Gasteiger partial charge in [-0.2, -0.15) is 0 Å². The highest BCUT2D eigenvalue weighted by atomic mass is 16.5. The summed E-state index contributed by atoms with van der Waals surface area (Å²) >= 11 is 0. The van der Waals surface area contributed by atoms with E-state index in [0.717, 1.165) is 24.3 Å². The number of para-hydroxylation sites is 1. The zero-order valence-electron chi connectivity index (χ0n) is 12.4. The van der Waals surface area contributed by atoms with E-state index >= 15 is 0 Å². The fourth-order valence-electron chi connectivity index (χ4n) is 3.13. The van der Waals surface area contributed by atoms with Crippen molar-refractivity contribution >= 4 is 5.91 Å². The standard InChI is InChI=1S/C18H19NO2/c1-13(20)19-12-11-14-7-3-4-8-15(14)18(19)16-9-5-6-10-17(16)21-2/h3-10,18H,11-12H2,1-2H3. The molecule has 1 unspecified atom stereocenters. The SMILES string of the molecule is COc1ccccc1C1c2ccccc2CCN1C(C)=O. The average Bonchev–Trinajstić information content (AvgIpc) is 2.53. The molecule has 2 aromatic rings. The Morgan fingerprint density at radius 1 is 1.10 bits per heavy atom. The van der Waals surface area contributed by atoms with Gasteiger partial charge in [-0.15, -0.1) is 0 Å². The maximum atomic E-state index is 12.1. The number of hydrogen-bond donors (Lipinski definition) is 0. The summed E-state index contributed by atoms with van der Waals surface area (Å²) in [5, 5.41) is 0. The highest BCUT2D eigenvalue weighted by Gasteiger charge is 2.31. The van der Waals surface area contributed by atoms with Crippen LogP contribution in [0.3, 0.4) is 0 Å². The van der Waals surface area contributed by atoms with Crippen molar-refractivity contribution in [3.8, 4) is 5.75 Å². The molecule has 1 heterocycles. The smallest absolute Gasteiger partial charge is 0.220 e. The van der Waals surface area contributed by atoms with Crippen LogP contribution in [0.4, 0.5) is 0 Å². The van der Waals surface area contributed by atoms with Crippen LogP contribution in [-0.4, -0.2) is 24.5 Å². The lowest BCUT2D eigenvalue weighted by Gasteiger charge is -2.37. The Kier molecular flexibility index (Phi) is 3.65. The Hall–Kier alpha value is -2.29. The molecule has 1 atom stereocenters. The summed E-state index contributed by atoms with van der Waals surface area (Å²) in [5.74, 6) is 0.922. The lowest BCUT2D eigenvalue weighted by molar-refractivity contribution is -0.130. The van der Waals surface area contributed by atoms with Gasteiger partial charge < -0.3 is 9.64 Å². The molecule has 0 aliphatic carbocycles. The molecular formula is C18H19NO2. The van der Waals surface area contributed by atoms with Crippen LogP contribution >= 0.6 is 0 Å². The van der Waals surface area contributed by atoms with Gasteiger partial charge in [0.05, 0.1) is 13.2 Å².